The van der Waals surface area contributed by atoms with Gasteiger partial charge >= 0.3 is 0 Å². The molecule has 0 spiro atoms. The molecule has 0 bridgehead atoms. The average molecular weight is 469 g/mol. The third-order valence-corrected chi connectivity index (χ3v) is 5.86. The first kappa shape index (κ1) is 22.2. The van der Waals surface area contributed by atoms with Crippen molar-refractivity contribution in [3.05, 3.63) is 65.7 Å². The Labute approximate surface area is 193 Å². The predicted octanol–water partition coefficient (Wildman–Crippen LogP) is 2.47. The number of rotatable bonds is 6. The lowest BCUT2D eigenvalue weighted by Crippen LogP contribution is -2.47. The highest BCUT2D eigenvalue weighted by atomic mass is 19.1. The van der Waals surface area contributed by atoms with E-state index in [9.17, 15) is 13.2 Å². The van der Waals surface area contributed by atoms with Crippen LogP contribution in [0.4, 0.5) is 19.0 Å². The van der Waals surface area contributed by atoms with Gasteiger partial charge in [-0.2, -0.15) is 5.10 Å². The largest absolute Gasteiger partial charge is 0.395 e. The molecule has 8 nitrogen and oxygen atoms in total. The van der Waals surface area contributed by atoms with Crippen molar-refractivity contribution in [3.8, 4) is 11.5 Å². The van der Waals surface area contributed by atoms with Gasteiger partial charge in [0.15, 0.2) is 23.1 Å². The van der Waals surface area contributed by atoms with E-state index in [4.69, 9.17) is 5.11 Å². The Kier molecular flexibility index (Phi) is 6.12. The zero-order valence-corrected chi connectivity index (χ0v) is 18.2. The molecule has 3 aromatic heterocycles. The molecule has 0 amide bonds. The fraction of sp³-hybridized carbons (Fsp3) is 0.304. The highest BCUT2D eigenvalue weighted by Crippen LogP contribution is 2.28. The first-order valence-corrected chi connectivity index (χ1v) is 10.9. The van der Waals surface area contributed by atoms with Crippen LogP contribution in [0.25, 0.3) is 22.6 Å². The summed E-state index contributed by atoms with van der Waals surface area (Å²) in [5.41, 5.74) is 0.969. The summed E-state index contributed by atoms with van der Waals surface area (Å²) in [6, 6.07) is 7.56. The third-order valence-electron chi connectivity index (χ3n) is 5.86. The van der Waals surface area contributed by atoms with Crippen LogP contribution in [0, 0.1) is 17.5 Å². The van der Waals surface area contributed by atoms with Crippen molar-refractivity contribution in [1.29, 1.82) is 0 Å². The predicted molar refractivity (Wildman–Crippen MR) is 120 cm³/mol. The van der Waals surface area contributed by atoms with E-state index in [0.717, 1.165) is 12.4 Å². The van der Waals surface area contributed by atoms with E-state index in [2.05, 4.69) is 25.0 Å². The average Bonchev–Trinajstić information content (AvgIpc) is 3.19. The number of aliphatic hydroxyl groups excluding tert-OH is 1. The Balaban J connectivity index is 1.52. The second-order valence-electron chi connectivity index (χ2n) is 8.04. The molecule has 1 aliphatic heterocycles. The van der Waals surface area contributed by atoms with Crippen molar-refractivity contribution in [2.75, 3.05) is 44.2 Å². The van der Waals surface area contributed by atoms with E-state index in [1.807, 2.05) is 4.90 Å². The van der Waals surface area contributed by atoms with Gasteiger partial charge in [0.1, 0.15) is 17.3 Å². The first-order valence-electron chi connectivity index (χ1n) is 10.9. The third kappa shape index (κ3) is 4.31. The normalized spacial score (nSPS) is 14.8. The fourth-order valence-corrected chi connectivity index (χ4v) is 4.12. The monoisotopic (exact) mass is 469 g/mol. The molecule has 176 valence electrons. The van der Waals surface area contributed by atoms with Crippen LogP contribution >= 0.6 is 0 Å². The maximum absolute atomic E-state index is 14.7. The summed E-state index contributed by atoms with van der Waals surface area (Å²) >= 11 is 0. The Morgan fingerprint density at radius 1 is 0.941 bits per heavy atom. The molecule has 0 saturated carbocycles. The van der Waals surface area contributed by atoms with Gasteiger partial charge in [-0.3, -0.25) is 4.90 Å². The number of aromatic nitrogens is 5. The maximum Gasteiger partial charge on any atom is 0.183 e. The number of halogens is 3. The van der Waals surface area contributed by atoms with Crippen molar-refractivity contribution >= 4 is 16.9 Å². The maximum atomic E-state index is 14.7. The number of nitrogens with zero attached hydrogens (tertiary/aromatic N) is 7. The summed E-state index contributed by atoms with van der Waals surface area (Å²) in [6.45, 7) is 3.10. The van der Waals surface area contributed by atoms with Crippen LogP contribution in [0.5, 0.6) is 0 Å². The van der Waals surface area contributed by atoms with Crippen LogP contribution in [-0.4, -0.2) is 74.1 Å². The number of anilines is 1. The molecule has 1 aromatic carbocycles. The molecule has 5 rings (SSSR count). The number of hydrogen-bond donors (Lipinski definition) is 1. The lowest BCUT2D eigenvalue weighted by Gasteiger charge is -2.35. The highest BCUT2D eigenvalue weighted by Gasteiger charge is 2.24. The van der Waals surface area contributed by atoms with E-state index in [0.29, 0.717) is 49.3 Å². The van der Waals surface area contributed by atoms with Gasteiger partial charge in [0.05, 0.1) is 30.9 Å². The Morgan fingerprint density at radius 2 is 1.74 bits per heavy atom. The molecular weight excluding hydrogens is 447 g/mol. The smallest absolute Gasteiger partial charge is 0.183 e. The van der Waals surface area contributed by atoms with Gasteiger partial charge in [-0.05, 0) is 12.1 Å². The van der Waals surface area contributed by atoms with E-state index in [1.165, 1.54) is 16.8 Å². The standard InChI is InChI=1S/C23H22F3N7O/c24-16-11-17-20(30-33(22(17)28-12-16)14-15-3-1-2-4-18(15)25)21-27-13-19(26)23(29-21)32-7-5-31(6-8-32)9-10-34/h1-4,11-13,34H,5-10,14H2. The second kappa shape index (κ2) is 9.35. The van der Waals surface area contributed by atoms with Crippen LogP contribution in [0.3, 0.4) is 0 Å². The lowest BCUT2D eigenvalue weighted by molar-refractivity contribution is 0.188. The molecule has 1 saturated heterocycles. The van der Waals surface area contributed by atoms with Gasteiger partial charge in [0.2, 0.25) is 0 Å². The molecule has 4 heterocycles. The van der Waals surface area contributed by atoms with E-state index in [-0.39, 0.29) is 30.5 Å². The summed E-state index contributed by atoms with van der Waals surface area (Å²) in [4.78, 5) is 16.6. The fourth-order valence-electron chi connectivity index (χ4n) is 4.12. The lowest BCUT2D eigenvalue weighted by atomic mass is 10.2. The number of β-amino-alcohol motifs (C(OH)–C–C–N with tert-alkyl or cyclic N) is 1. The summed E-state index contributed by atoms with van der Waals surface area (Å²) in [7, 11) is 0. The molecule has 1 aliphatic rings. The Morgan fingerprint density at radius 3 is 2.50 bits per heavy atom. The molecular formula is C23H22F3N7O. The zero-order valence-electron chi connectivity index (χ0n) is 18.2. The quantitative estimate of drug-likeness (QED) is 0.465. The topological polar surface area (TPSA) is 83.2 Å². The molecule has 1 fully saturated rings. The minimum atomic E-state index is -0.571. The van der Waals surface area contributed by atoms with Gasteiger partial charge in [-0.15, -0.1) is 0 Å². The van der Waals surface area contributed by atoms with Crippen molar-refractivity contribution in [2.45, 2.75) is 6.54 Å². The van der Waals surface area contributed by atoms with E-state index in [1.54, 1.807) is 18.2 Å². The van der Waals surface area contributed by atoms with Crippen LogP contribution < -0.4 is 4.90 Å². The van der Waals surface area contributed by atoms with Crippen LogP contribution in [0.1, 0.15) is 5.56 Å². The Bertz CT molecular complexity index is 1320. The van der Waals surface area contributed by atoms with Gasteiger partial charge in [0, 0.05) is 38.3 Å². The van der Waals surface area contributed by atoms with E-state index < -0.39 is 17.5 Å². The molecule has 1 N–H and O–H groups in total. The molecule has 0 unspecified atom stereocenters. The van der Waals surface area contributed by atoms with E-state index >= 15 is 0 Å². The SMILES string of the molecule is OCCN1CCN(c2nc(-c3nn(Cc4ccccc4F)c4ncc(F)cc34)ncc2F)CC1. The van der Waals surface area contributed by atoms with Crippen molar-refractivity contribution in [3.63, 3.8) is 0 Å². The summed E-state index contributed by atoms with van der Waals surface area (Å²) in [6.07, 6.45) is 2.14. The van der Waals surface area contributed by atoms with Gasteiger partial charge in [0.25, 0.3) is 0 Å². The number of benzene rings is 1. The second-order valence-corrected chi connectivity index (χ2v) is 8.04. The summed E-state index contributed by atoms with van der Waals surface area (Å²) in [5.74, 6) is -1.27. The van der Waals surface area contributed by atoms with Crippen LogP contribution in [-0.2, 0) is 6.54 Å². The summed E-state index contributed by atoms with van der Waals surface area (Å²) < 4.78 is 44.4. The molecule has 34 heavy (non-hydrogen) atoms. The minimum Gasteiger partial charge on any atom is -0.395 e. The molecule has 0 aliphatic carbocycles. The van der Waals surface area contributed by atoms with Gasteiger partial charge in [-0.25, -0.2) is 32.8 Å². The minimum absolute atomic E-state index is 0.0687. The number of piperazine rings is 1. The highest BCUT2D eigenvalue weighted by molar-refractivity contribution is 5.89. The van der Waals surface area contributed by atoms with Crippen molar-refractivity contribution in [1.82, 2.24) is 29.6 Å². The number of aliphatic hydroxyl groups is 1. The number of fused-ring (bicyclic) bond motifs is 1. The van der Waals surface area contributed by atoms with Gasteiger partial charge in [-0.1, -0.05) is 18.2 Å². The van der Waals surface area contributed by atoms with Crippen LogP contribution in [0.15, 0.2) is 42.7 Å². The molecule has 11 heteroatoms. The number of pyridine rings is 1. The van der Waals surface area contributed by atoms with Gasteiger partial charge < -0.3 is 10.0 Å². The number of hydrogen-bond acceptors (Lipinski definition) is 7. The Hall–Kier alpha value is -3.57. The van der Waals surface area contributed by atoms with Crippen molar-refractivity contribution in [2.24, 2.45) is 0 Å². The molecule has 0 radical (unpaired) electrons. The summed E-state index contributed by atoms with van der Waals surface area (Å²) in [5, 5.41) is 14.0. The zero-order chi connectivity index (χ0) is 23.7. The van der Waals surface area contributed by atoms with Crippen LogP contribution in [0.2, 0.25) is 0 Å². The molecule has 4 aromatic rings. The molecule has 0 atom stereocenters. The first-order chi connectivity index (χ1) is 16.5. The van der Waals surface area contributed by atoms with Crippen molar-refractivity contribution < 1.29 is 18.3 Å².